The van der Waals surface area contributed by atoms with Gasteiger partial charge in [-0.05, 0) is 54.7 Å². The quantitative estimate of drug-likeness (QED) is 0.581. The lowest BCUT2D eigenvalue weighted by molar-refractivity contribution is 0.603. The number of hydrogen-bond donors (Lipinski definition) is 2. The minimum atomic E-state index is 0.495. The van der Waals surface area contributed by atoms with Crippen LogP contribution in [0.3, 0.4) is 0 Å². The standard InChI is InChI=1S/C20H25BrN4/c1-2-15-5-3-7-18(11-15)24-20(22)23-13-16-9-10-25(14-16)19-8-4-6-17(21)12-19/h3-8,11-12,16H,2,9-10,13-14H2,1H3,(H3,22,23,24). The lowest BCUT2D eigenvalue weighted by Crippen LogP contribution is -2.25. The zero-order valence-electron chi connectivity index (χ0n) is 14.6. The molecule has 1 aliphatic rings. The molecular weight excluding hydrogens is 376 g/mol. The number of hydrogen-bond acceptors (Lipinski definition) is 2. The third-order valence-corrected chi connectivity index (χ3v) is 5.08. The van der Waals surface area contributed by atoms with E-state index in [9.17, 15) is 0 Å². The zero-order valence-corrected chi connectivity index (χ0v) is 16.2. The zero-order chi connectivity index (χ0) is 17.6. The lowest BCUT2D eigenvalue weighted by Gasteiger charge is -2.18. The molecule has 0 spiro atoms. The second-order valence-corrected chi connectivity index (χ2v) is 7.40. The summed E-state index contributed by atoms with van der Waals surface area (Å²) in [6, 6.07) is 16.8. The molecular formula is C20H25BrN4. The van der Waals surface area contributed by atoms with Gasteiger partial charge in [-0.1, -0.05) is 41.1 Å². The number of rotatable bonds is 5. The summed E-state index contributed by atoms with van der Waals surface area (Å²) in [5.74, 6) is 1.04. The molecule has 0 saturated carbocycles. The Morgan fingerprint density at radius 3 is 2.92 bits per heavy atom. The van der Waals surface area contributed by atoms with Gasteiger partial charge in [0.2, 0.25) is 0 Å². The van der Waals surface area contributed by atoms with Crippen molar-refractivity contribution in [3.63, 3.8) is 0 Å². The smallest absolute Gasteiger partial charge is 0.193 e. The summed E-state index contributed by atoms with van der Waals surface area (Å²) >= 11 is 3.54. The molecule has 2 aromatic rings. The van der Waals surface area contributed by atoms with Crippen LogP contribution in [0, 0.1) is 5.92 Å². The van der Waals surface area contributed by atoms with E-state index in [1.807, 2.05) is 12.1 Å². The topological polar surface area (TPSA) is 53.6 Å². The van der Waals surface area contributed by atoms with Crippen molar-refractivity contribution in [2.45, 2.75) is 19.8 Å². The molecule has 3 N–H and O–H groups in total. The molecule has 25 heavy (non-hydrogen) atoms. The van der Waals surface area contributed by atoms with E-state index in [0.29, 0.717) is 11.9 Å². The molecule has 5 heteroatoms. The molecule has 3 rings (SSSR count). The average Bonchev–Trinajstić information content (AvgIpc) is 3.09. The summed E-state index contributed by atoms with van der Waals surface area (Å²) in [6.07, 6.45) is 2.16. The van der Waals surface area contributed by atoms with Crippen LogP contribution in [0.4, 0.5) is 11.4 Å². The summed E-state index contributed by atoms with van der Waals surface area (Å²) in [4.78, 5) is 6.97. The first-order chi connectivity index (χ1) is 12.1. The summed E-state index contributed by atoms with van der Waals surface area (Å²) in [5.41, 5.74) is 9.62. The molecule has 1 fully saturated rings. The Morgan fingerprint density at radius 1 is 1.28 bits per heavy atom. The maximum absolute atomic E-state index is 6.06. The van der Waals surface area contributed by atoms with Gasteiger partial charge in [-0.25, -0.2) is 0 Å². The first-order valence-corrected chi connectivity index (χ1v) is 9.59. The summed E-state index contributed by atoms with van der Waals surface area (Å²) in [6.45, 7) is 5.01. The molecule has 4 nitrogen and oxygen atoms in total. The Morgan fingerprint density at radius 2 is 2.12 bits per heavy atom. The van der Waals surface area contributed by atoms with Crippen LogP contribution >= 0.6 is 15.9 Å². The van der Waals surface area contributed by atoms with E-state index in [1.165, 1.54) is 11.3 Å². The van der Waals surface area contributed by atoms with Gasteiger partial charge < -0.3 is 16.0 Å². The normalized spacial score (nSPS) is 17.8. The third kappa shape index (κ3) is 4.98. The molecule has 1 saturated heterocycles. The van der Waals surface area contributed by atoms with E-state index in [4.69, 9.17) is 5.73 Å². The molecule has 1 unspecified atom stereocenters. The van der Waals surface area contributed by atoms with Crippen LogP contribution in [0.2, 0.25) is 0 Å². The number of halogens is 1. The highest BCUT2D eigenvalue weighted by atomic mass is 79.9. The van der Waals surface area contributed by atoms with Crippen molar-refractivity contribution >= 4 is 33.3 Å². The molecule has 0 aliphatic carbocycles. The first-order valence-electron chi connectivity index (χ1n) is 8.80. The van der Waals surface area contributed by atoms with E-state index in [2.05, 4.69) is 74.5 Å². The van der Waals surface area contributed by atoms with Gasteiger partial charge in [-0.3, -0.25) is 4.99 Å². The Hall–Kier alpha value is -2.01. The molecule has 1 atom stereocenters. The van der Waals surface area contributed by atoms with Crippen LogP contribution in [0.25, 0.3) is 0 Å². The number of benzene rings is 2. The fourth-order valence-corrected chi connectivity index (χ4v) is 3.56. The maximum atomic E-state index is 6.06. The minimum Gasteiger partial charge on any atom is -0.371 e. The molecule has 2 aromatic carbocycles. The predicted molar refractivity (Wildman–Crippen MR) is 110 cm³/mol. The molecule has 1 heterocycles. The Bertz CT molecular complexity index is 744. The molecule has 132 valence electrons. The fourth-order valence-electron chi connectivity index (χ4n) is 3.17. The van der Waals surface area contributed by atoms with Gasteiger partial charge in [0, 0.05) is 35.5 Å². The first kappa shape index (κ1) is 17.8. The number of nitrogens with two attached hydrogens (primary N) is 1. The lowest BCUT2D eigenvalue weighted by atomic mass is 10.1. The summed E-state index contributed by atoms with van der Waals surface area (Å²) in [7, 11) is 0. The highest BCUT2D eigenvalue weighted by Gasteiger charge is 2.22. The Labute approximate surface area is 158 Å². The maximum Gasteiger partial charge on any atom is 0.193 e. The number of nitrogens with zero attached hydrogens (tertiary/aromatic N) is 2. The van der Waals surface area contributed by atoms with Gasteiger partial charge in [0.05, 0.1) is 0 Å². The van der Waals surface area contributed by atoms with E-state index in [0.717, 1.165) is 42.6 Å². The monoisotopic (exact) mass is 400 g/mol. The van der Waals surface area contributed by atoms with E-state index < -0.39 is 0 Å². The highest BCUT2D eigenvalue weighted by molar-refractivity contribution is 9.10. The molecule has 1 aliphatic heterocycles. The van der Waals surface area contributed by atoms with Gasteiger partial charge in [0.1, 0.15) is 0 Å². The van der Waals surface area contributed by atoms with Gasteiger partial charge in [0.15, 0.2) is 5.96 Å². The van der Waals surface area contributed by atoms with Crippen molar-refractivity contribution < 1.29 is 0 Å². The second kappa shape index (κ2) is 8.39. The number of aryl methyl sites for hydroxylation is 1. The summed E-state index contributed by atoms with van der Waals surface area (Å²) in [5, 5.41) is 3.20. The van der Waals surface area contributed by atoms with Gasteiger partial charge >= 0.3 is 0 Å². The Balaban J connectivity index is 1.53. The fraction of sp³-hybridized carbons (Fsp3) is 0.350. The van der Waals surface area contributed by atoms with Crippen molar-refractivity contribution in [2.75, 3.05) is 29.9 Å². The van der Waals surface area contributed by atoms with E-state index in [-0.39, 0.29) is 0 Å². The Kier molecular flexibility index (Phi) is 5.97. The molecule has 0 aromatic heterocycles. The highest BCUT2D eigenvalue weighted by Crippen LogP contribution is 2.26. The van der Waals surface area contributed by atoms with Crippen molar-refractivity contribution in [1.82, 2.24) is 0 Å². The van der Waals surface area contributed by atoms with Crippen molar-refractivity contribution in [3.05, 3.63) is 58.6 Å². The second-order valence-electron chi connectivity index (χ2n) is 6.49. The summed E-state index contributed by atoms with van der Waals surface area (Å²) < 4.78 is 1.12. The predicted octanol–water partition coefficient (Wildman–Crippen LogP) is 4.26. The number of anilines is 2. The largest absolute Gasteiger partial charge is 0.371 e. The van der Waals surface area contributed by atoms with Gasteiger partial charge in [0.25, 0.3) is 0 Å². The van der Waals surface area contributed by atoms with Crippen LogP contribution in [-0.4, -0.2) is 25.6 Å². The van der Waals surface area contributed by atoms with E-state index in [1.54, 1.807) is 0 Å². The molecule has 0 radical (unpaired) electrons. The average molecular weight is 401 g/mol. The van der Waals surface area contributed by atoms with Crippen molar-refractivity contribution in [2.24, 2.45) is 16.6 Å². The van der Waals surface area contributed by atoms with E-state index >= 15 is 0 Å². The molecule has 0 bridgehead atoms. The third-order valence-electron chi connectivity index (χ3n) is 4.59. The van der Waals surface area contributed by atoms with Gasteiger partial charge in [-0.2, -0.15) is 0 Å². The minimum absolute atomic E-state index is 0.495. The van der Waals surface area contributed by atoms with Crippen LogP contribution in [0.5, 0.6) is 0 Å². The van der Waals surface area contributed by atoms with Crippen LogP contribution in [-0.2, 0) is 6.42 Å². The van der Waals surface area contributed by atoms with Gasteiger partial charge in [-0.15, -0.1) is 0 Å². The van der Waals surface area contributed by atoms with Crippen LogP contribution in [0.1, 0.15) is 18.9 Å². The van der Waals surface area contributed by atoms with Crippen LogP contribution < -0.4 is 16.0 Å². The van der Waals surface area contributed by atoms with Crippen LogP contribution in [0.15, 0.2) is 58.0 Å². The SMILES string of the molecule is CCc1cccc(NC(N)=NCC2CCN(c3cccc(Br)c3)C2)c1. The van der Waals surface area contributed by atoms with Crippen molar-refractivity contribution in [3.8, 4) is 0 Å². The number of guanidine groups is 1. The number of aliphatic imine (C=N–C) groups is 1. The van der Waals surface area contributed by atoms with Crippen molar-refractivity contribution in [1.29, 1.82) is 0 Å². The molecule has 0 amide bonds. The number of nitrogens with one attached hydrogen (secondary N) is 1.